The Morgan fingerprint density at radius 1 is 1.04 bits per heavy atom. The van der Waals surface area contributed by atoms with Crippen molar-refractivity contribution in [3.8, 4) is 0 Å². The summed E-state index contributed by atoms with van der Waals surface area (Å²) < 4.78 is 47.2. The van der Waals surface area contributed by atoms with E-state index in [-0.39, 0.29) is 28.2 Å². The Hall–Kier alpha value is -2.51. The second-order valence-electron chi connectivity index (χ2n) is 6.96. The zero-order valence-corrected chi connectivity index (χ0v) is 15.2. The first-order chi connectivity index (χ1) is 12.8. The number of hydrogen-bond acceptors (Lipinski definition) is 3. The molecule has 4 rings (SSSR count). The Kier molecular flexibility index (Phi) is 4.36. The highest BCUT2D eigenvalue weighted by molar-refractivity contribution is 7.85. The highest BCUT2D eigenvalue weighted by Crippen LogP contribution is 2.41. The highest BCUT2D eigenvalue weighted by atomic mass is 32.2. The molecule has 3 aromatic rings. The average molecular weight is 387 g/mol. The number of fused-ring (bicyclic) bond motifs is 1. The number of halogens is 1. The molecule has 2 aromatic carbocycles. The molecule has 0 amide bonds. The van der Waals surface area contributed by atoms with Gasteiger partial charge in [0, 0.05) is 12.1 Å². The lowest BCUT2D eigenvalue weighted by Gasteiger charge is -2.18. The highest BCUT2D eigenvalue weighted by Gasteiger charge is 2.28. The number of pyridine rings is 1. The molecule has 1 aliphatic rings. The Balaban J connectivity index is 1.73. The minimum absolute atomic E-state index is 0.0500. The zero-order valence-electron chi connectivity index (χ0n) is 14.4. The number of hydrogen-bond donors (Lipinski definition) is 1. The molecule has 0 saturated heterocycles. The summed E-state index contributed by atoms with van der Waals surface area (Å²) in [6.07, 6.45) is 2.34. The molecule has 2 atom stereocenters. The van der Waals surface area contributed by atoms with E-state index in [9.17, 15) is 22.2 Å². The molecule has 1 aliphatic carbocycles. The van der Waals surface area contributed by atoms with Crippen LogP contribution in [0.3, 0.4) is 0 Å². The molecular weight excluding hydrogens is 369 g/mol. The Morgan fingerprint density at radius 3 is 2.59 bits per heavy atom. The molecule has 0 aliphatic heterocycles. The maximum Gasteiger partial charge on any atom is 0.294 e. The van der Waals surface area contributed by atoms with Crippen LogP contribution in [0.5, 0.6) is 0 Å². The first-order valence-corrected chi connectivity index (χ1v) is 10.2. The molecule has 0 bridgehead atoms. The van der Waals surface area contributed by atoms with Crippen LogP contribution in [0.2, 0.25) is 0 Å². The third-order valence-corrected chi connectivity index (χ3v) is 6.14. The lowest BCUT2D eigenvalue weighted by atomic mass is 9.97. The normalized spacial score (nSPS) is 20.2. The van der Waals surface area contributed by atoms with Crippen molar-refractivity contribution in [1.29, 1.82) is 0 Å². The molecule has 7 heteroatoms. The topological polar surface area (TPSA) is 76.4 Å². The summed E-state index contributed by atoms with van der Waals surface area (Å²) in [5.41, 5.74) is 1.39. The van der Waals surface area contributed by atoms with Gasteiger partial charge in [-0.3, -0.25) is 9.35 Å². The van der Waals surface area contributed by atoms with Crippen LogP contribution in [-0.2, 0) is 10.1 Å². The van der Waals surface area contributed by atoms with Crippen LogP contribution < -0.4 is 5.56 Å². The zero-order chi connectivity index (χ0) is 19.2. The minimum atomic E-state index is -4.31. The van der Waals surface area contributed by atoms with Crippen LogP contribution in [0.25, 0.3) is 10.9 Å². The van der Waals surface area contributed by atoms with Crippen LogP contribution in [0.4, 0.5) is 4.39 Å². The van der Waals surface area contributed by atoms with Crippen molar-refractivity contribution in [2.24, 2.45) is 0 Å². The van der Waals surface area contributed by atoms with Crippen LogP contribution in [0.15, 0.2) is 64.3 Å². The van der Waals surface area contributed by atoms with Crippen LogP contribution in [-0.4, -0.2) is 17.5 Å². The van der Waals surface area contributed by atoms with E-state index < -0.39 is 10.1 Å². The molecule has 1 fully saturated rings. The van der Waals surface area contributed by atoms with E-state index in [2.05, 4.69) is 0 Å². The van der Waals surface area contributed by atoms with Gasteiger partial charge < -0.3 is 4.57 Å². The lowest BCUT2D eigenvalue weighted by molar-refractivity contribution is 0.483. The minimum Gasteiger partial charge on any atom is -0.305 e. The van der Waals surface area contributed by atoms with Crippen molar-refractivity contribution in [2.75, 3.05) is 0 Å². The summed E-state index contributed by atoms with van der Waals surface area (Å²) in [5, 5.41) is 0.568. The van der Waals surface area contributed by atoms with E-state index >= 15 is 0 Å². The largest absolute Gasteiger partial charge is 0.305 e. The molecular formula is C20H18FNO4S. The number of aromatic nitrogens is 1. The molecule has 1 aromatic heterocycles. The maximum absolute atomic E-state index is 13.5. The van der Waals surface area contributed by atoms with Gasteiger partial charge in [-0.05, 0) is 72.5 Å². The molecule has 2 unspecified atom stereocenters. The van der Waals surface area contributed by atoms with Crippen molar-refractivity contribution in [1.82, 2.24) is 4.57 Å². The average Bonchev–Trinajstić information content (AvgIpc) is 3.10. The fourth-order valence-electron chi connectivity index (χ4n) is 4.04. The van der Waals surface area contributed by atoms with Gasteiger partial charge in [-0.2, -0.15) is 8.42 Å². The predicted octanol–water partition coefficient (Wildman–Crippen LogP) is 3.90. The van der Waals surface area contributed by atoms with Crippen molar-refractivity contribution >= 4 is 21.0 Å². The summed E-state index contributed by atoms with van der Waals surface area (Å²) in [4.78, 5) is 12.3. The molecule has 0 spiro atoms. The number of nitrogens with zero attached hydrogens (tertiary/aromatic N) is 1. The van der Waals surface area contributed by atoms with E-state index in [1.165, 1.54) is 30.3 Å². The SMILES string of the molecule is O=c1ccc2cc(S(=O)(=O)O)ccc2n1C1CCC(c2cccc(F)c2)C1. The smallest absolute Gasteiger partial charge is 0.294 e. The van der Waals surface area contributed by atoms with Gasteiger partial charge in [0.05, 0.1) is 10.4 Å². The van der Waals surface area contributed by atoms with Gasteiger partial charge in [0.1, 0.15) is 5.82 Å². The summed E-state index contributed by atoms with van der Waals surface area (Å²) in [7, 11) is -4.31. The Bertz CT molecular complexity index is 1190. The van der Waals surface area contributed by atoms with E-state index in [1.54, 1.807) is 22.8 Å². The van der Waals surface area contributed by atoms with Gasteiger partial charge in [-0.15, -0.1) is 0 Å². The van der Waals surface area contributed by atoms with Crippen molar-refractivity contribution in [3.05, 3.63) is 76.3 Å². The molecule has 1 heterocycles. The van der Waals surface area contributed by atoms with Crippen LogP contribution in [0, 0.1) is 5.82 Å². The second-order valence-corrected chi connectivity index (χ2v) is 8.38. The summed E-state index contributed by atoms with van der Waals surface area (Å²) in [6, 6.07) is 13.7. The van der Waals surface area contributed by atoms with Gasteiger partial charge in [-0.25, -0.2) is 4.39 Å². The molecule has 5 nitrogen and oxygen atoms in total. The molecule has 1 N–H and O–H groups in total. The van der Waals surface area contributed by atoms with Gasteiger partial charge in [0.25, 0.3) is 15.7 Å². The molecule has 27 heavy (non-hydrogen) atoms. The lowest BCUT2D eigenvalue weighted by Crippen LogP contribution is -2.23. The van der Waals surface area contributed by atoms with Gasteiger partial charge >= 0.3 is 0 Å². The third-order valence-electron chi connectivity index (χ3n) is 5.29. The van der Waals surface area contributed by atoms with E-state index in [4.69, 9.17) is 0 Å². The third kappa shape index (κ3) is 3.40. The first kappa shape index (κ1) is 17.9. The van der Waals surface area contributed by atoms with Crippen molar-refractivity contribution in [2.45, 2.75) is 36.1 Å². The van der Waals surface area contributed by atoms with Crippen LogP contribution >= 0.6 is 0 Å². The van der Waals surface area contributed by atoms with Gasteiger partial charge in [0.15, 0.2) is 0 Å². The first-order valence-electron chi connectivity index (χ1n) is 8.71. The van der Waals surface area contributed by atoms with E-state index in [1.807, 2.05) is 6.07 Å². The molecule has 140 valence electrons. The van der Waals surface area contributed by atoms with E-state index in [0.717, 1.165) is 18.4 Å². The molecule has 1 saturated carbocycles. The van der Waals surface area contributed by atoms with Crippen molar-refractivity contribution in [3.63, 3.8) is 0 Å². The van der Waals surface area contributed by atoms with Gasteiger partial charge in [0.2, 0.25) is 0 Å². The second kappa shape index (κ2) is 6.58. The molecule has 0 radical (unpaired) electrons. The standard InChI is InChI=1S/C20H18FNO4S/c21-16-3-1-2-13(10-16)14-4-6-17(11-14)22-19-8-7-18(27(24,25)26)12-15(19)5-9-20(22)23/h1-3,5,7-10,12,14,17H,4,6,11H2,(H,24,25,26). The summed E-state index contributed by atoms with van der Waals surface area (Å²) in [6.45, 7) is 0. The maximum atomic E-state index is 13.5. The van der Waals surface area contributed by atoms with E-state index in [0.29, 0.717) is 17.3 Å². The Labute approximate surface area is 155 Å². The fourth-order valence-corrected chi connectivity index (χ4v) is 4.55. The summed E-state index contributed by atoms with van der Waals surface area (Å²) >= 11 is 0. The van der Waals surface area contributed by atoms with Crippen molar-refractivity contribution < 1.29 is 17.4 Å². The van der Waals surface area contributed by atoms with Crippen LogP contribution in [0.1, 0.15) is 36.8 Å². The monoisotopic (exact) mass is 387 g/mol. The number of benzene rings is 2. The Morgan fingerprint density at radius 2 is 1.85 bits per heavy atom. The quantitative estimate of drug-likeness (QED) is 0.692. The fraction of sp³-hybridized carbons (Fsp3) is 0.250. The summed E-state index contributed by atoms with van der Waals surface area (Å²) in [5.74, 6) is -0.0963. The number of rotatable bonds is 3. The van der Waals surface area contributed by atoms with Gasteiger partial charge in [-0.1, -0.05) is 12.1 Å². The predicted molar refractivity (Wildman–Crippen MR) is 100 cm³/mol.